The van der Waals surface area contributed by atoms with Gasteiger partial charge in [-0.1, -0.05) is 26.0 Å². The Morgan fingerprint density at radius 1 is 1.24 bits per heavy atom. The first kappa shape index (κ1) is 26.0. The number of aryl methyl sites for hydroxylation is 1. The smallest absolute Gasteiger partial charge is 0.191 e. The molecule has 7 heteroatoms. The first-order valence-electron chi connectivity index (χ1n) is 10.5. The largest absolute Gasteiger partial charge is 0.378 e. The van der Waals surface area contributed by atoms with Crippen LogP contribution in [-0.2, 0) is 11.2 Å². The molecule has 1 aromatic rings. The second kappa shape index (κ2) is 14.0. The number of anilines is 1. The molecule has 1 aliphatic heterocycles. The van der Waals surface area contributed by atoms with E-state index in [1.807, 2.05) is 7.05 Å². The molecule has 0 saturated carbocycles. The summed E-state index contributed by atoms with van der Waals surface area (Å²) in [7, 11) is 5.96. The highest BCUT2D eigenvalue weighted by atomic mass is 127. The van der Waals surface area contributed by atoms with Crippen molar-refractivity contribution >= 4 is 35.6 Å². The molecule has 1 atom stereocenters. The molecule has 0 bridgehead atoms. The standard InChI is InChI=1S/C22H39N5O.HI/c1-18(2)16-27-13-14-28-21(17-27)15-25-22(23-3)24-12-6-7-19-8-10-20(11-9-19)26(4)5;/h8-11,18,21H,6-7,12-17H2,1-5H3,(H2,23,24,25);1H. The maximum atomic E-state index is 5.90. The zero-order chi connectivity index (χ0) is 20.4. The highest BCUT2D eigenvalue weighted by molar-refractivity contribution is 14.0. The van der Waals surface area contributed by atoms with Crippen LogP contribution in [0.3, 0.4) is 0 Å². The monoisotopic (exact) mass is 517 g/mol. The van der Waals surface area contributed by atoms with Crippen LogP contribution in [0, 0.1) is 5.92 Å². The number of halogens is 1. The van der Waals surface area contributed by atoms with Crippen LogP contribution in [0.2, 0.25) is 0 Å². The third kappa shape index (κ3) is 10.00. The molecule has 1 fully saturated rings. The van der Waals surface area contributed by atoms with Crippen molar-refractivity contribution in [2.75, 3.05) is 65.4 Å². The molecule has 1 aromatic carbocycles. The van der Waals surface area contributed by atoms with Crippen molar-refractivity contribution in [3.63, 3.8) is 0 Å². The summed E-state index contributed by atoms with van der Waals surface area (Å²) >= 11 is 0. The maximum Gasteiger partial charge on any atom is 0.191 e. The van der Waals surface area contributed by atoms with E-state index in [-0.39, 0.29) is 30.1 Å². The van der Waals surface area contributed by atoms with Crippen LogP contribution < -0.4 is 15.5 Å². The van der Waals surface area contributed by atoms with Gasteiger partial charge in [0.2, 0.25) is 0 Å². The highest BCUT2D eigenvalue weighted by Gasteiger charge is 2.20. The summed E-state index contributed by atoms with van der Waals surface area (Å²) in [6.07, 6.45) is 2.36. The van der Waals surface area contributed by atoms with E-state index in [2.05, 4.69) is 77.6 Å². The van der Waals surface area contributed by atoms with E-state index >= 15 is 0 Å². The Morgan fingerprint density at radius 3 is 2.59 bits per heavy atom. The predicted molar refractivity (Wildman–Crippen MR) is 135 cm³/mol. The van der Waals surface area contributed by atoms with Gasteiger partial charge < -0.3 is 20.3 Å². The summed E-state index contributed by atoms with van der Waals surface area (Å²) in [5.41, 5.74) is 2.61. The van der Waals surface area contributed by atoms with Crippen LogP contribution >= 0.6 is 24.0 Å². The number of guanidine groups is 1. The lowest BCUT2D eigenvalue weighted by molar-refractivity contribution is -0.0284. The molecule has 1 unspecified atom stereocenters. The average molecular weight is 518 g/mol. The lowest BCUT2D eigenvalue weighted by Gasteiger charge is -2.34. The predicted octanol–water partition coefficient (Wildman–Crippen LogP) is 2.83. The summed E-state index contributed by atoms with van der Waals surface area (Å²) in [4.78, 5) is 8.96. The van der Waals surface area contributed by atoms with E-state index in [1.54, 1.807) is 0 Å². The number of aliphatic imine (C=N–C) groups is 1. The van der Waals surface area contributed by atoms with E-state index in [0.717, 1.165) is 58.1 Å². The number of hydrogen-bond acceptors (Lipinski definition) is 4. The van der Waals surface area contributed by atoms with Gasteiger partial charge in [-0.05, 0) is 36.5 Å². The third-order valence-electron chi connectivity index (χ3n) is 4.95. The minimum atomic E-state index is 0. The van der Waals surface area contributed by atoms with Crippen molar-refractivity contribution in [1.82, 2.24) is 15.5 Å². The van der Waals surface area contributed by atoms with Gasteiger partial charge in [0.05, 0.1) is 12.7 Å². The summed E-state index contributed by atoms with van der Waals surface area (Å²) in [6, 6.07) is 8.78. The zero-order valence-electron chi connectivity index (χ0n) is 18.8. The summed E-state index contributed by atoms with van der Waals surface area (Å²) < 4.78 is 5.90. The molecule has 1 aliphatic rings. The second-order valence-electron chi connectivity index (χ2n) is 8.19. The van der Waals surface area contributed by atoms with E-state index in [9.17, 15) is 0 Å². The molecular weight excluding hydrogens is 477 g/mol. The van der Waals surface area contributed by atoms with Crippen molar-refractivity contribution in [3.8, 4) is 0 Å². The molecule has 1 saturated heterocycles. The van der Waals surface area contributed by atoms with Crippen molar-refractivity contribution in [2.45, 2.75) is 32.8 Å². The number of ether oxygens (including phenoxy) is 1. The average Bonchev–Trinajstić information content (AvgIpc) is 2.67. The quantitative estimate of drug-likeness (QED) is 0.229. The van der Waals surface area contributed by atoms with E-state index < -0.39 is 0 Å². The molecular formula is C22H40IN5O. The normalized spacial score (nSPS) is 17.7. The minimum Gasteiger partial charge on any atom is -0.378 e. The van der Waals surface area contributed by atoms with Crippen LogP contribution in [0.15, 0.2) is 29.3 Å². The summed E-state index contributed by atoms with van der Waals surface area (Å²) in [5.74, 6) is 1.55. The molecule has 166 valence electrons. The van der Waals surface area contributed by atoms with Crippen molar-refractivity contribution in [2.24, 2.45) is 10.9 Å². The minimum absolute atomic E-state index is 0. The number of morpholine rings is 1. The Labute approximate surface area is 194 Å². The Balaban J connectivity index is 0.00000420. The topological polar surface area (TPSA) is 52.1 Å². The summed E-state index contributed by atoms with van der Waals surface area (Å²) in [5, 5.41) is 6.83. The number of benzene rings is 1. The Morgan fingerprint density at radius 2 is 1.97 bits per heavy atom. The lowest BCUT2D eigenvalue weighted by atomic mass is 10.1. The van der Waals surface area contributed by atoms with E-state index in [4.69, 9.17) is 4.74 Å². The van der Waals surface area contributed by atoms with Gasteiger partial charge in [0.15, 0.2) is 5.96 Å². The molecule has 2 N–H and O–H groups in total. The molecule has 0 aliphatic carbocycles. The molecule has 0 spiro atoms. The van der Waals surface area contributed by atoms with Crippen molar-refractivity contribution in [1.29, 1.82) is 0 Å². The Kier molecular flexibility index (Phi) is 12.6. The van der Waals surface area contributed by atoms with Gasteiger partial charge in [-0.2, -0.15) is 0 Å². The molecule has 6 nitrogen and oxygen atoms in total. The third-order valence-corrected chi connectivity index (χ3v) is 4.95. The highest BCUT2D eigenvalue weighted by Crippen LogP contribution is 2.13. The molecule has 2 rings (SSSR count). The van der Waals surface area contributed by atoms with Gasteiger partial charge in [0.1, 0.15) is 0 Å². The lowest BCUT2D eigenvalue weighted by Crippen LogP contribution is -2.50. The van der Waals surface area contributed by atoms with Crippen LogP contribution in [0.4, 0.5) is 5.69 Å². The first-order valence-corrected chi connectivity index (χ1v) is 10.5. The van der Waals surface area contributed by atoms with Gasteiger partial charge in [-0.15, -0.1) is 24.0 Å². The van der Waals surface area contributed by atoms with Crippen LogP contribution in [0.25, 0.3) is 0 Å². The molecule has 0 aromatic heterocycles. The second-order valence-corrected chi connectivity index (χ2v) is 8.19. The number of rotatable bonds is 9. The molecule has 1 heterocycles. The van der Waals surface area contributed by atoms with Gasteiger partial charge in [-0.25, -0.2) is 0 Å². The zero-order valence-corrected chi connectivity index (χ0v) is 21.1. The maximum absolute atomic E-state index is 5.90. The number of hydrogen-bond donors (Lipinski definition) is 2. The summed E-state index contributed by atoms with van der Waals surface area (Å²) in [6.45, 7) is 10.2. The van der Waals surface area contributed by atoms with Crippen molar-refractivity contribution < 1.29 is 4.74 Å². The Bertz CT molecular complexity index is 591. The first-order chi connectivity index (χ1) is 13.5. The van der Waals surface area contributed by atoms with E-state index in [0.29, 0.717) is 5.92 Å². The van der Waals surface area contributed by atoms with Gasteiger partial charge in [-0.3, -0.25) is 9.89 Å². The molecule has 29 heavy (non-hydrogen) atoms. The van der Waals surface area contributed by atoms with Gasteiger partial charge >= 0.3 is 0 Å². The van der Waals surface area contributed by atoms with Gasteiger partial charge in [0, 0.05) is 59.6 Å². The fraction of sp³-hybridized carbons (Fsp3) is 0.682. The fourth-order valence-electron chi connectivity index (χ4n) is 3.48. The van der Waals surface area contributed by atoms with Crippen LogP contribution in [0.1, 0.15) is 25.8 Å². The Hall–Kier alpha value is -1.06. The fourth-order valence-corrected chi connectivity index (χ4v) is 3.48. The van der Waals surface area contributed by atoms with Gasteiger partial charge in [0.25, 0.3) is 0 Å². The number of nitrogens with zero attached hydrogens (tertiary/aromatic N) is 3. The van der Waals surface area contributed by atoms with Crippen LogP contribution in [-0.4, -0.2) is 77.4 Å². The van der Waals surface area contributed by atoms with E-state index in [1.165, 1.54) is 11.3 Å². The SMILES string of the molecule is CN=C(NCCCc1ccc(N(C)C)cc1)NCC1CN(CC(C)C)CCO1.I. The molecule has 0 amide bonds. The number of nitrogens with one attached hydrogen (secondary N) is 2. The van der Waals surface area contributed by atoms with Crippen molar-refractivity contribution in [3.05, 3.63) is 29.8 Å². The molecule has 0 radical (unpaired) electrons. The van der Waals surface area contributed by atoms with Crippen LogP contribution in [0.5, 0.6) is 0 Å².